The predicted octanol–water partition coefficient (Wildman–Crippen LogP) is 2.80. The SMILES string of the molecule is COc1ccc(Br)cc1S(=O)(=O)NCCOCCC(C)C. The summed E-state index contributed by atoms with van der Waals surface area (Å²) in [6, 6.07) is 4.85. The molecule has 0 saturated heterocycles. The fourth-order valence-corrected chi connectivity index (χ4v) is 3.33. The minimum Gasteiger partial charge on any atom is -0.495 e. The molecule has 1 aromatic carbocycles. The summed E-state index contributed by atoms with van der Waals surface area (Å²) in [5, 5.41) is 0. The Kier molecular flexibility index (Phi) is 7.65. The quantitative estimate of drug-likeness (QED) is 0.670. The summed E-state index contributed by atoms with van der Waals surface area (Å²) in [6.07, 6.45) is 0.964. The molecule has 0 fully saturated rings. The van der Waals surface area contributed by atoms with E-state index in [9.17, 15) is 8.42 Å². The van der Waals surface area contributed by atoms with Crippen molar-refractivity contribution in [2.24, 2.45) is 5.92 Å². The van der Waals surface area contributed by atoms with E-state index < -0.39 is 10.0 Å². The van der Waals surface area contributed by atoms with Gasteiger partial charge in [0, 0.05) is 17.6 Å². The van der Waals surface area contributed by atoms with E-state index in [0.29, 0.717) is 29.4 Å². The van der Waals surface area contributed by atoms with Crippen LogP contribution < -0.4 is 9.46 Å². The minimum absolute atomic E-state index is 0.113. The third kappa shape index (κ3) is 6.34. The second-order valence-electron chi connectivity index (χ2n) is 4.99. The first-order valence-electron chi connectivity index (χ1n) is 6.77. The molecule has 0 aromatic heterocycles. The summed E-state index contributed by atoms with van der Waals surface area (Å²) < 4.78 is 38.1. The first-order valence-corrected chi connectivity index (χ1v) is 9.05. The van der Waals surface area contributed by atoms with Gasteiger partial charge in [-0.05, 0) is 30.5 Å². The van der Waals surface area contributed by atoms with E-state index >= 15 is 0 Å². The van der Waals surface area contributed by atoms with Crippen LogP contribution in [0.2, 0.25) is 0 Å². The van der Waals surface area contributed by atoms with Crippen molar-refractivity contribution in [3.05, 3.63) is 22.7 Å². The third-order valence-corrected chi connectivity index (χ3v) is 4.77. The van der Waals surface area contributed by atoms with Crippen molar-refractivity contribution in [2.45, 2.75) is 25.2 Å². The van der Waals surface area contributed by atoms with E-state index in [-0.39, 0.29) is 11.4 Å². The number of methoxy groups -OCH3 is 1. The second kappa shape index (κ2) is 8.73. The van der Waals surface area contributed by atoms with Gasteiger partial charge in [0.25, 0.3) is 0 Å². The first kappa shape index (κ1) is 18.4. The molecule has 1 aromatic rings. The van der Waals surface area contributed by atoms with Gasteiger partial charge in [0.1, 0.15) is 10.6 Å². The van der Waals surface area contributed by atoms with Crippen LogP contribution in [0.15, 0.2) is 27.6 Å². The normalized spacial score (nSPS) is 11.9. The number of hydrogen-bond acceptors (Lipinski definition) is 4. The third-order valence-electron chi connectivity index (χ3n) is 2.79. The molecule has 0 aliphatic rings. The Hall–Kier alpha value is -0.630. The van der Waals surface area contributed by atoms with Gasteiger partial charge in [0.15, 0.2) is 0 Å². The van der Waals surface area contributed by atoms with Crippen molar-refractivity contribution in [1.82, 2.24) is 4.72 Å². The van der Waals surface area contributed by atoms with Crippen LogP contribution in [0.3, 0.4) is 0 Å². The monoisotopic (exact) mass is 379 g/mol. The molecule has 0 aliphatic heterocycles. The molecule has 0 heterocycles. The second-order valence-corrected chi connectivity index (χ2v) is 7.64. The van der Waals surface area contributed by atoms with Crippen molar-refractivity contribution in [3.63, 3.8) is 0 Å². The molecule has 0 spiro atoms. The maximum absolute atomic E-state index is 12.2. The van der Waals surface area contributed by atoms with Gasteiger partial charge >= 0.3 is 0 Å². The van der Waals surface area contributed by atoms with Gasteiger partial charge in [-0.2, -0.15) is 0 Å². The fraction of sp³-hybridized carbons (Fsp3) is 0.571. The van der Waals surface area contributed by atoms with Gasteiger partial charge in [-0.3, -0.25) is 0 Å². The summed E-state index contributed by atoms with van der Waals surface area (Å²) >= 11 is 3.26. The zero-order valence-corrected chi connectivity index (χ0v) is 15.0. The molecule has 0 aliphatic carbocycles. The van der Waals surface area contributed by atoms with Gasteiger partial charge in [-0.15, -0.1) is 0 Å². The summed E-state index contributed by atoms with van der Waals surface area (Å²) in [4.78, 5) is 0.113. The Labute approximate surface area is 135 Å². The van der Waals surface area contributed by atoms with Crippen LogP contribution >= 0.6 is 15.9 Å². The van der Waals surface area contributed by atoms with Gasteiger partial charge in [0.05, 0.1) is 13.7 Å². The van der Waals surface area contributed by atoms with Crippen LogP contribution in [0, 0.1) is 5.92 Å². The van der Waals surface area contributed by atoms with Crippen LogP contribution in [0.1, 0.15) is 20.3 Å². The lowest BCUT2D eigenvalue weighted by Crippen LogP contribution is -2.28. The number of sulfonamides is 1. The lowest BCUT2D eigenvalue weighted by Gasteiger charge is -2.11. The molecule has 21 heavy (non-hydrogen) atoms. The molecule has 1 N–H and O–H groups in total. The van der Waals surface area contributed by atoms with Gasteiger partial charge in [-0.1, -0.05) is 29.8 Å². The number of hydrogen-bond donors (Lipinski definition) is 1. The largest absolute Gasteiger partial charge is 0.495 e. The standard InChI is InChI=1S/C14H22BrNO4S/c1-11(2)6-8-20-9-7-16-21(17,18)14-10-12(15)4-5-13(14)19-3/h4-5,10-11,16H,6-9H2,1-3H3. The minimum atomic E-state index is -3.61. The summed E-state index contributed by atoms with van der Waals surface area (Å²) in [6.45, 7) is 5.45. The lowest BCUT2D eigenvalue weighted by atomic mass is 10.1. The molecule has 0 saturated carbocycles. The molecule has 5 nitrogen and oxygen atoms in total. The lowest BCUT2D eigenvalue weighted by molar-refractivity contribution is 0.128. The number of nitrogens with one attached hydrogen (secondary N) is 1. The van der Waals surface area contributed by atoms with Crippen LogP contribution in [-0.2, 0) is 14.8 Å². The number of halogens is 1. The highest BCUT2D eigenvalue weighted by molar-refractivity contribution is 9.10. The van der Waals surface area contributed by atoms with Crippen molar-refractivity contribution in [2.75, 3.05) is 26.9 Å². The molecule has 0 amide bonds. The van der Waals surface area contributed by atoms with E-state index in [4.69, 9.17) is 9.47 Å². The molecule has 0 atom stereocenters. The average Bonchev–Trinajstić information content (AvgIpc) is 2.42. The molecule has 7 heteroatoms. The fourth-order valence-electron chi connectivity index (χ4n) is 1.61. The van der Waals surface area contributed by atoms with Crippen LogP contribution in [0.4, 0.5) is 0 Å². The van der Waals surface area contributed by atoms with E-state index in [1.807, 2.05) is 0 Å². The maximum atomic E-state index is 12.2. The molecule has 0 radical (unpaired) electrons. The Morgan fingerprint density at radius 1 is 1.29 bits per heavy atom. The predicted molar refractivity (Wildman–Crippen MR) is 86.2 cm³/mol. The van der Waals surface area contributed by atoms with Gasteiger partial charge in [0.2, 0.25) is 10.0 Å². The highest BCUT2D eigenvalue weighted by Crippen LogP contribution is 2.26. The Balaban J connectivity index is 2.56. The van der Waals surface area contributed by atoms with Crippen molar-refractivity contribution >= 4 is 26.0 Å². The summed E-state index contributed by atoms with van der Waals surface area (Å²) in [5.41, 5.74) is 0. The van der Waals surface area contributed by atoms with Crippen LogP contribution in [0.5, 0.6) is 5.75 Å². The van der Waals surface area contributed by atoms with E-state index in [1.165, 1.54) is 13.2 Å². The number of ether oxygens (including phenoxy) is 2. The Bertz CT molecular complexity index is 546. The van der Waals surface area contributed by atoms with Crippen molar-refractivity contribution in [3.8, 4) is 5.75 Å². The molecule has 0 bridgehead atoms. The zero-order valence-electron chi connectivity index (χ0n) is 12.6. The maximum Gasteiger partial charge on any atom is 0.244 e. The Morgan fingerprint density at radius 3 is 2.62 bits per heavy atom. The van der Waals surface area contributed by atoms with E-state index in [1.54, 1.807) is 12.1 Å². The summed E-state index contributed by atoms with van der Waals surface area (Å²) in [5.74, 6) is 0.888. The van der Waals surface area contributed by atoms with Gasteiger partial charge in [-0.25, -0.2) is 13.1 Å². The molecule has 120 valence electrons. The van der Waals surface area contributed by atoms with Crippen molar-refractivity contribution in [1.29, 1.82) is 0 Å². The molecule has 0 unspecified atom stereocenters. The highest BCUT2D eigenvalue weighted by Gasteiger charge is 2.19. The number of benzene rings is 1. The smallest absolute Gasteiger partial charge is 0.244 e. The molecule has 1 rings (SSSR count). The molecular weight excluding hydrogens is 358 g/mol. The summed E-state index contributed by atoms with van der Waals surface area (Å²) in [7, 11) is -2.17. The van der Waals surface area contributed by atoms with Crippen LogP contribution in [0.25, 0.3) is 0 Å². The highest BCUT2D eigenvalue weighted by atomic mass is 79.9. The average molecular weight is 380 g/mol. The zero-order chi connectivity index (χ0) is 15.9. The Morgan fingerprint density at radius 2 is 2.00 bits per heavy atom. The topological polar surface area (TPSA) is 64.6 Å². The van der Waals surface area contributed by atoms with E-state index in [2.05, 4.69) is 34.5 Å². The van der Waals surface area contributed by atoms with E-state index in [0.717, 1.165) is 6.42 Å². The first-order chi connectivity index (χ1) is 9.86. The molecular formula is C14H22BrNO4S. The number of rotatable bonds is 9. The van der Waals surface area contributed by atoms with Crippen molar-refractivity contribution < 1.29 is 17.9 Å². The van der Waals surface area contributed by atoms with Crippen LogP contribution in [-0.4, -0.2) is 35.3 Å². The van der Waals surface area contributed by atoms with Gasteiger partial charge < -0.3 is 9.47 Å².